The Hall–Kier alpha value is -4.30. The molecule has 0 radical (unpaired) electrons. The second-order valence-electron chi connectivity index (χ2n) is 7.84. The van der Waals surface area contributed by atoms with Crippen LogP contribution >= 0.6 is 0 Å². The highest BCUT2D eigenvalue weighted by Crippen LogP contribution is 2.38. The van der Waals surface area contributed by atoms with E-state index in [9.17, 15) is 0 Å². The molecule has 1 aliphatic heterocycles. The number of fused-ring (bicyclic) bond motifs is 5. The predicted molar refractivity (Wildman–Crippen MR) is 123 cm³/mol. The molecule has 0 fully saturated rings. The van der Waals surface area contributed by atoms with E-state index in [-0.39, 0.29) is 0 Å². The van der Waals surface area contributed by atoms with Gasteiger partial charge in [-0.05, 0) is 36.8 Å². The molecule has 0 bridgehead atoms. The van der Waals surface area contributed by atoms with E-state index >= 15 is 0 Å². The van der Waals surface area contributed by atoms with E-state index in [2.05, 4.69) is 30.2 Å². The molecule has 1 N–H and O–H groups in total. The molecule has 6 rings (SSSR count). The van der Waals surface area contributed by atoms with Crippen LogP contribution in [0.1, 0.15) is 17.0 Å². The molecule has 5 aromatic rings. The van der Waals surface area contributed by atoms with Gasteiger partial charge in [0.15, 0.2) is 17.5 Å². The summed E-state index contributed by atoms with van der Waals surface area (Å²) in [6, 6.07) is 22.0. The molecule has 0 atom stereocenters. The normalized spacial score (nSPS) is 11.8. The highest BCUT2D eigenvalue weighted by Gasteiger charge is 2.24. The van der Waals surface area contributed by atoms with Crippen molar-refractivity contribution in [3.8, 4) is 28.5 Å². The lowest BCUT2D eigenvalue weighted by Crippen LogP contribution is -2.02. The maximum Gasteiger partial charge on any atom is 0.171 e. The number of anilines is 2. The van der Waals surface area contributed by atoms with E-state index in [1.807, 2.05) is 73.7 Å². The van der Waals surface area contributed by atoms with Crippen LogP contribution < -0.4 is 5.32 Å². The van der Waals surface area contributed by atoms with Crippen molar-refractivity contribution in [2.24, 2.45) is 0 Å². The minimum atomic E-state index is 0.410. The summed E-state index contributed by atoms with van der Waals surface area (Å²) >= 11 is 0. The molecule has 4 heterocycles. The fraction of sp³-hybridized carbons (Fsp3) is 0.120. The standard InChI is InChI=1S/C25H20N6O2/c1-16-13-19(30-33-16)15-32-14-17-8-10-18(11-9-17)24-28-29-25-20-5-2-3-6-21(20)27-23-22(31(24)25)7-4-12-26-23/h2-13H,14-15H2,1H3,(H,26,27). The summed E-state index contributed by atoms with van der Waals surface area (Å²) in [6.07, 6.45) is 1.78. The number of aromatic nitrogens is 5. The molecule has 0 saturated carbocycles. The van der Waals surface area contributed by atoms with Gasteiger partial charge in [-0.25, -0.2) is 4.98 Å². The number of hydrogen-bond acceptors (Lipinski definition) is 7. The van der Waals surface area contributed by atoms with Gasteiger partial charge in [-0.15, -0.1) is 10.2 Å². The third kappa shape index (κ3) is 3.56. The van der Waals surface area contributed by atoms with Crippen molar-refractivity contribution in [2.75, 3.05) is 5.32 Å². The van der Waals surface area contributed by atoms with Gasteiger partial charge in [-0.2, -0.15) is 0 Å². The van der Waals surface area contributed by atoms with E-state index < -0.39 is 0 Å². The van der Waals surface area contributed by atoms with Gasteiger partial charge in [-0.1, -0.05) is 41.6 Å². The van der Waals surface area contributed by atoms with Crippen molar-refractivity contribution in [1.82, 2.24) is 24.9 Å². The zero-order chi connectivity index (χ0) is 22.2. The van der Waals surface area contributed by atoms with Crippen LogP contribution in [0.2, 0.25) is 0 Å². The van der Waals surface area contributed by atoms with Crippen molar-refractivity contribution in [3.05, 3.63) is 89.9 Å². The maximum absolute atomic E-state index is 5.77. The van der Waals surface area contributed by atoms with Gasteiger partial charge in [0.05, 0.1) is 24.6 Å². The van der Waals surface area contributed by atoms with E-state index in [1.165, 1.54) is 0 Å². The first-order valence-electron chi connectivity index (χ1n) is 10.6. The maximum atomic E-state index is 5.77. The topological polar surface area (TPSA) is 90.9 Å². The summed E-state index contributed by atoms with van der Waals surface area (Å²) in [4.78, 5) is 4.55. The van der Waals surface area contributed by atoms with Gasteiger partial charge in [0.25, 0.3) is 0 Å². The fourth-order valence-corrected chi connectivity index (χ4v) is 3.97. The first-order chi connectivity index (χ1) is 16.3. The molecule has 0 amide bonds. The third-order valence-corrected chi connectivity index (χ3v) is 5.52. The molecule has 0 saturated heterocycles. The van der Waals surface area contributed by atoms with Gasteiger partial charge in [-0.3, -0.25) is 4.57 Å². The Morgan fingerprint density at radius 3 is 2.64 bits per heavy atom. The minimum Gasteiger partial charge on any atom is -0.370 e. The summed E-state index contributed by atoms with van der Waals surface area (Å²) < 4.78 is 12.9. The largest absolute Gasteiger partial charge is 0.370 e. The van der Waals surface area contributed by atoms with Gasteiger partial charge in [0, 0.05) is 23.4 Å². The molecule has 0 spiro atoms. The lowest BCUT2D eigenvalue weighted by Gasteiger charge is -2.11. The van der Waals surface area contributed by atoms with Crippen molar-refractivity contribution in [3.63, 3.8) is 0 Å². The quantitative estimate of drug-likeness (QED) is 0.404. The number of para-hydroxylation sites is 1. The number of hydrogen-bond donors (Lipinski definition) is 1. The van der Waals surface area contributed by atoms with E-state index in [1.54, 1.807) is 6.20 Å². The number of nitrogens with zero attached hydrogens (tertiary/aromatic N) is 5. The van der Waals surface area contributed by atoms with Crippen molar-refractivity contribution in [1.29, 1.82) is 0 Å². The van der Waals surface area contributed by atoms with E-state index in [0.717, 1.165) is 57.0 Å². The number of ether oxygens (including phenoxy) is 1. The lowest BCUT2D eigenvalue weighted by atomic mass is 10.1. The minimum absolute atomic E-state index is 0.410. The first-order valence-corrected chi connectivity index (χ1v) is 10.6. The fourth-order valence-electron chi connectivity index (χ4n) is 3.97. The molecule has 0 unspecified atom stereocenters. The Morgan fingerprint density at radius 2 is 1.79 bits per heavy atom. The molecule has 0 aliphatic carbocycles. The van der Waals surface area contributed by atoms with E-state index in [0.29, 0.717) is 13.2 Å². The number of nitrogens with one attached hydrogen (secondary N) is 1. The molecule has 8 nitrogen and oxygen atoms in total. The SMILES string of the molecule is Cc1cc(COCc2ccc(-c3nnc4n3-c3cccnc3Nc3ccccc3-4)cc2)no1. The van der Waals surface area contributed by atoms with Crippen molar-refractivity contribution < 1.29 is 9.26 Å². The van der Waals surface area contributed by atoms with Crippen molar-refractivity contribution >= 4 is 11.5 Å². The average molecular weight is 436 g/mol. The summed E-state index contributed by atoms with van der Waals surface area (Å²) in [5.41, 5.74) is 5.63. The molecule has 33 heavy (non-hydrogen) atoms. The van der Waals surface area contributed by atoms with Crippen LogP contribution in [0.3, 0.4) is 0 Å². The Kier molecular flexibility index (Phi) is 4.70. The number of rotatable bonds is 5. The second-order valence-corrected chi connectivity index (χ2v) is 7.84. The van der Waals surface area contributed by atoms with Crippen LogP contribution in [0.25, 0.3) is 28.5 Å². The summed E-state index contributed by atoms with van der Waals surface area (Å²) in [7, 11) is 0. The number of aryl methyl sites for hydroxylation is 1. The second kappa shape index (κ2) is 7.99. The monoisotopic (exact) mass is 436 g/mol. The molecule has 2 aromatic carbocycles. The van der Waals surface area contributed by atoms with Crippen LogP contribution in [0, 0.1) is 6.92 Å². The molecule has 3 aromatic heterocycles. The van der Waals surface area contributed by atoms with Crippen LogP contribution in [0.5, 0.6) is 0 Å². The molecule has 1 aliphatic rings. The van der Waals surface area contributed by atoms with Crippen LogP contribution in [0.4, 0.5) is 11.5 Å². The van der Waals surface area contributed by atoms with Gasteiger partial charge >= 0.3 is 0 Å². The molecule has 8 heteroatoms. The molecule has 162 valence electrons. The Labute approximate surface area is 189 Å². The van der Waals surface area contributed by atoms with Gasteiger partial charge < -0.3 is 14.6 Å². The Bertz CT molecular complexity index is 1440. The molecular weight excluding hydrogens is 416 g/mol. The number of benzene rings is 2. The van der Waals surface area contributed by atoms with Crippen LogP contribution in [-0.2, 0) is 18.0 Å². The number of pyridine rings is 1. The predicted octanol–water partition coefficient (Wildman–Crippen LogP) is 5.07. The highest BCUT2D eigenvalue weighted by atomic mass is 16.5. The summed E-state index contributed by atoms with van der Waals surface area (Å²) in [5.74, 6) is 3.07. The van der Waals surface area contributed by atoms with Crippen LogP contribution in [0.15, 0.2) is 77.4 Å². The third-order valence-electron chi connectivity index (χ3n) is 5.52. The van der Waals surface area contributed by atoms with E-state index in [4.69, 9.17) is 9.26 Å². The van der Waals surface area contributed by atoms with Gasteiger partial charge in [0.1, 0.15) is 11.5 Å². The van der Waals surface area contributed by atoms with Crippen LogP contribution in [-0.4, -0.2) is 24.9 Å². The lowest BCUT2D eigenvalue weighted by molar-refractivity contribution is 0.102. The summed E-state index contributed by atoms with van der Waals surface area (Å²) in [5, 5.41) is 16.5. The zero-order valence-corrected chi connectivity index (χ0v) is 17.9. The smallest absolute Gasteiger partial charge is 0.171 e. The van der Waals surface area contributed by atoms with Gasteiger partial charge in [0.2, 0.25) is 0 Å². The summed E-state index contributed by atoms with van der Waals surface area (Å²) in [6.45, 7) is 2.75. The Morgan fingerprint density at radius 1 is 0.939 bits per heavy atom. The van der Waals surface area contributed by atoms with Crippen molar-refractivity contribution in [2.45, 2.75) is 20.1 Å². The zero-order valence-electron chi connectivity index (χ0n) is 17.9. The first kappa shape index (κ1) is 19.4. The molecular formula is C25H20N6O2. The Balaban J connectivity index is 1.32. The highest BCUT2D eigenvalue weighted by molar-refractivity contribution is 5.84. The average Bonchev–Trinajstić information content (AvgIpc) is 3.43.